The van der Waals surface area contributed by atoms with Gasteiger partial charge in [0.15, 0.2) is 0 Å². The highest BCUT2D eigenvalue weighted by molar-refractivity contribution is 6.31. The molecule has 4 rings (SSSR count). The van der Waals surface area contributed by atoms with Gasteiger partial charge in [0, 0.05) is 28.2 Å². The molecule has 0 bridgehead atoms. The summed E-state index contributed by atoms with van der Waals surface area (Å²) in [5.74, 6) is -1.23. The minimum absolute atomic E-state index is 0.321. The monoisotopic (exact) mass is 448 g/mol. The first-order valence-corrected chi connectivity index (χ1v) is 10.1. The van der Waals surface area contributed by atoms with Crippen molar-refractivity contribution in [2.45, 2.75) is 6.54 Å². The zero-order valence-electron chi connectivity index (χ0n) is 16.8. The fourth-order valence-electron chi connectivity index (χ4n) is 3.08. The summed E-state index contributed by atoms with van der Waals surface area (Å²) in [6.45, 7) is 0.433. The first-order valence-electron chi connectivity index (χ1n) is 9.72. The molecule has 1 aromatic heterocycles. The maximum absolute atomic E-state index is 13.3. The molecule has 0 saturated carbocycles. The number of aromatic nitrogens is 2. The highest BCUT2D eigenvalue weighted by atomic mass is 35.5. The van der Waals surface area contributed by atoms with Gasteiger partial charge >= 0.3 is 0 Å². The second kappa shape index (κ2) is 9.45. The fraction of sp³-hybridized carbons (Fsp3) is 0.0417. The number of carbonyl (C=O) groups excluding carboxylic acids is 2. The third kappa shape index (κ3) is 5.19. The molecule has 0 aliphatic heterocycles. The second-order valence-corrected chi connectivity index (χ2v) is 7.42. The first kappa shape index (κ1) is 21.3. The number of hydrogen-bond acceptors (Lipinski definition) is 3. The predicted octanol–water partition coefficient (Wildman–Crippen LogP) is 5.23. The number of halogens is 2. The molecule has 0 saturated heterocycles. The largest absolute Gasteiger partial charge is 0.322 e. The SMILES string of the molecule is O=C(Nc1cccc(F)c1)c1cccc(NC(=O)c2cnn(Cc3ccccc3Cl)c2)c1. The molecular formula is C24H18ClFN4O2. The Balaban J connectivity index is 1.42. The highest BCUT2D eigenvalue weighted by Gasteiger charge is 2.12. The quantitative estimate of drug-likeness (QED) is 0.424. The van der Waals surface area contributed by atoms with Gasteiger partial charge in [0.05, 0.1) is 18.3 Å². The van der Waals surface area contributed by atoms with E-state index >= 15 is 0 Å². The van der Waals surface area contributed by atoms with Gasteiger partial charge in [0.1, 0.15) is 5.82 Å². The van der Waals surface area contributed by atoms with E-state index in [-0.39, 0.29) is 5.91 Å². The van der Waals surface area contributed by atoms with Crippen molar-refractivity contribution in [3.05, 3.63) is 113 Å². The smallest absolute Gasteiger partial charge is 0.258 e. The van der Waals surface area contributed by atoms with Crippen molar-refractivity contribution in [2.24, 2.45) is 0 Å². The topological polar surface area (TPSA) is 76.0 Å². The van der Waals surface area contributed by atoms with Crippen LogP contribution in [0.25, 0.3) is 0 Å². The Kier molecular flexibility index (Phi) is 6.28. The number of nitrogens with one attached hydrogen (secondary N) is 2. The van der Waals surface area contributed by atoms with Crippen LogP contribution >= 0.6 is 11.6 Å². The van der Waals surface area contributed by atoms with Crippen LogP contribution in [0.3, 0.4) is 0 Å². The molecule has 0 unspecified atom stereocenters. The van der Waals surface area contributed by atoms with Crippen LogP contribution in [0.1, 0.15) is 26.3 Å². The number of carbonyl (C=O) groups is 2. The molecule has 1 heterocycles. The van der Waals surface area contributed by atoms with Gasteiger partial charge in [-0.05, 0) is 48.0 Å². The van der Waals surface area contributed by atoms with E-state index in [1.807, 2.05) is 18.2 Å². The lowest BCUT2D eigenvalue weighted by atomic mass is 10.1. The van der Waals surface area contributed by atoms with Crippen molar-refractivity contribution in [1.29, 1.82) is 0 Å². The summed E-state index contributed by atoms with van der Waals surface area (Å²) in [6.07, 6.45) is 3.09. The average molecular weight is 449 g/mol. The van der Waals surface area contributed by atoms with Crippen LogP contribution in [0.15, 0.2) is 85.2 Å². The number of amides is 2. The molecule has 4 aromatic rings. The van der Waals surface area contributed by atoms with Crippen molar-refractivity contribution < 1.29 is 14.0 Å². The van der Waals surface area contributed by atoms with Gasteiger partial charge in [-0.15, -0.1) is 0 Å². The van der Waals surface area contributed by atoms with E-state index in [1.54, 1.807) is 47.3 Å². The Morgan fingerprint density at radius 3 is 2.31 bits per heavy atom. The van der Waals surface area contributed by atoms with Gasteiger partial charge in [-0.3, -0.25) is 14.3 Å². The van der Waals surface area contributed by atoms with Gasteiger partial charge in [-0.25, -0.2) is 4.39 Å². The number of nitrogens with zero attached hydrogens (tertiary/aromatic N) is 2. The first-order chi connectivity index (χ1) is 15.5. The van der Waals surface area contributed by atoms with E-state index in [9.17, 15) is 14.0 Å². The lowest BCUT2D eigenvalue weighted by Crippen LogP contribution is -2.14. The Hall–Kier alpha value is -3.97. The molecule has 0 spiro atoms. The summed E-state index contributed by atoms with van der Waals surface area (Å²) in [5.41, 5.74) is 2.37. The maximum Gasteiger partial charge on any atom is 0.258 e. The van der Waals surface area contributed by atoms with Crippen LogP contribution < -0.4 is 10.6 Å². The normalized spacial score (nSPS) is 10.6. The molecule has 0 aliphatic rings. The third-order valence-corrected chi connectivity index (χ3v) is 5.02. The second-order valence-electron chi connectivity index (χ2n) is 7.02. The van der Waals surface area contributed by atoms with Gasteiger partial charge < -0.3 is 10.6 Å². The van der Waals surface area contributed by atoms with Gasteiger partial charge in [0.25, 0.3) is 11.8 Å². The summed E-state index contributed by atoms with van der Waals surface area (Å²) in [4.78, 5) is 25.1. The number of anilines is 2. The summed E-state index contributed by atoms with van der Waals surface area (Å²) >= 11 is 6.18. The molecule has 0 aliphatic carbocycles. The Bertz CT molecular complexity index is 1290. The molecule has 2 amide bonds. The number of hydrogen-bond donors (Lipinski definition) is 2. The van der Waals surface area contributed by atoms with Crippen LogP contribution in [0, 0.1) is 5.82 Å². The van der Waals surface area contributed by atoms with Crippen molar-refractivity contribution in [3.8, 4) is 0 Å². The van der Waals surface area contributed by atoms with Crippen LogP contribution in [0.5, 0.6) is 0 Å². The molecular weight excluding hydrogens is 431 g/mol. The molecule has 8 heteroatoms. The van der Waals surface area contributed by atoms with Crippen LogP contribution in [-0.4, -0.2) is 21.6 Å². The lowest BCUT2D eigenvalue weighted by molar-refractivity contribution is 0.101. The molecule has 32 heavy (non-hydrogen) atoms. The van der Waals surface area contributed by atoms with E-state index in [2.05, 4.69) is 15.7 Å². The highest BCUT2D eigenvalue weighted by Crippen LogP contribution is 2.17. The van der Waals surface area contributed by atoms with Crippen LogP contribution in [0.2, 0.25) is 5.02 Å². The average Bonchev–Trinajstić information content (AvgIpc) is 3.24. The van der Waals surface area contributed by atoms with Gasteiger partial charge in [-0.1, -0.05) is 41.9 Å². The molecule has 0 radical (unpaired) electrons. The van der Waals surface area contributed by atoms with Crippen molar-refractivity contribution in [1.82, 2.24) is 9.78 Å². The van der Waals surface area contributed by atoms with Gasteiger partial charge in [0.2, 0.25) is 0 Å². The minimum Gasteiger partial charge on any atom is -0.322 e. The molecule has 2 N–H and O–H groups in total. The van der Waals surface area contributed by atoms with Crippen molar-refractivity contribution in [2.75, 3.05) is 10.6 Å². The summed E-state index contributed by atoms with van der Waals surface area (Å²) in [7, 11) is 0. The third-order valence-electron chi connectivity index (χ3n) is 4.65. The summed E-state index contributed by atoms with van der Waals surface area (Å²) in [5, 5.41) is 10.2. The zero-order chi connectivity index (χ0) is 22.5. The molecule has 0 atom stereocenters. The molecule has 6 nitrogen and oxygen atoms in total. The van der Waals surface area contributed by atoms with Crippen LogP contribution in [0.4, 0.5) is 15.8 Å². The maximum atomic E-state index is 13.3. The van der Waals surface area contributed by atoms with E-state index < -0.39 is 11.7 Å². The predicted molar refractivity (Wildman–Crippen MR) is 122 cm³/mol. The minimum atomic E-state index is -0.445. The zero-order valence-corrected chi connectivity index (χ0v) is 17.5. The molecule has 0 fully saturated rings. The van der Waals surface area contributed by atoms with E-state index in [4.69, 9.17) is 11.6 Å². The fourth-order valence-corrected chi connectivity index (χ4v) is 3.27. The van der Waals surface area contributed by atoms with Crippen molar-refractivity contribution in [3.63, 3.8) is 0 Å². The lowest BCUT2D eigenvalue weighted by Gasteiger charge is -2.08. The van der Waals surface area contributed by atoms with Crippen LogP contribution in [-0.2, 0) is 6.54 Å². The van der Waals surface area contributed by atoms with Crippen molar-refractivity contribution >= 4 is 34.8 Å². The Labute approximate surface area is 188 Å². The van der Waals surface area contributed by atoms with E-state index in [1.165, 1.54) is 24.4 Å². The van der Waals surface area contributed by atoms with E-state index in [0.717, 1.165) is 5.56 Å². The molecule has 160 valence electrons. The van der Waals surface area contributed by atoms with Gasteiger partial charge in [-0.2, -0.15) is 5.10 Å². The Morgan fingerprint density at radius 1 is 0.875 bits per heavy atom. The summed E-state index contributed by atoms with van der Waals surface area (Å²) in [6, 6.07) is 19.5. The standard InChI is InChI=1S/C24H18ClFN4O2/c25-22-10-2-1-5-17(22)14-30-15-18(13-27-30)24(32)28-20-8-3-6-16(11-20)23(31)29-21-9-4-7-19(26)12-21/h1-13,15H,14H2,(H,28,32)(H,29,31). The number of benzene rings is 3. The Morgan fingerprint density at radius 2 is 1.56 bits per heavy atom. The summed E-state index contributed by atoms with van der Waals surface area (Å²) < 4.78 is 14.9. The number of rotatable bonds is 6. The molecule has 3 aromatic carbocycles. The van der Waals surface area contributed by atoms with E-state index in [0.29, 0.717) is 34.1 Å².